The van der Waals surface area contributed by atoms with Crippen LogP contribution in [0.25, 0.3) is 11.1 Å². The number of thiophene rings is 1. The summed E-state index contributed by atoms with van der Waals surface area (Å²) in [7, 11) is 0. The van der Waals surface area contributed by atoms with Crippen LogP contribution in [0.2, 0.25) is 0 Å². The van der Waals surface area contributed by atoms with Gasteiger partial charge < -0.3 is 15.1 Å². The van der Waals surface area contributed by atoms with Crippen molar-refractivity contribution in [1.29, 1.82) is 0 Å². The number of benzene rings is 1. The minimum atomic E-state index is -0.432. The first-order valence-corrected chi connectivity index (χ1v) is 8.97. The molecule has 0 aliphatic carbocycles. The van der Waals surface area contributed by atoms with Crippen molar-refractivity contribution in [3.05, 3.63) is 52.0 Å². The molecule has 1 saturated heterocycles. The van der Waals surface area contributed by atoms with Gasteiger partial charge in [-0.1, -0.05) is 12.1 Å². The highest BCUT2D eigenvalue weighted by molar-refractivity contribution is 7.14. The Morgan fingerprint density at radius 1 is 1.28 bits per heavy atom. The molecule has 4 rings (SSSR count). The Bertz CT molecular complexity index is 913. The van der Waals surface area contributed by atoms with Gasteiger partial charge in [0.1, 0.15) is 11.9 Å². The van der Waals surface area contributed by atoms with Crippen molar-refractivity contribution < 1.29 is 14.0 Å². The average Bonchev–Trinajstić information content (AvgIpc) is 3.32. The number of hydrogen-bond acceptors (Lipinski definition) is 5. The van der Waals surface area contributed by atoms with Gasteiger partial charge in [0.05, 0.1) is 10.9 Å². The van der Waals surface area contributed by atoms with Crippen molar-refractivity contribution in [1.82, 2.24) is 9.88 Å². The first-order valence-electron chi connectivity index (χ1n) is 8.15. The van der Waals surface area contributed by atoms with Crippen LogP contribution in [0.1, 0.15) is 39.3 Å². The van der Waals surface area contributed by atoms with E-state index in [1.54, 1.807) is 6.07 Å². The largest absolute Gasteiger partial charge is 0.440 e. The lowest BCUT2D eigenvalue weighted by Crippen LogP contribution is -2.31. The topological polar surface area (TPSA) is 89.4 Å². The number of carbonyl (C=O) groups is 2. The normalized spacial score (nSPS) is 17.3. The van der Waals surface area contributed by atoms with Gasteiger partial charge in [-0.2, -0.15) is 0 Å². The summed E-state index contributed by atoms with van der Waals surface area (Å²) in [5, 5.41) is 0. The second-order valence-electron chi connectivity index (χ2n) is 6.06. The van der Waals surface area contributed by atoms with Gasteiger partial charge in [0.2, 0.25) is 11.8 Å². The minimum Gasteiger partial charge on any atom is -0.440 e. The van der Waals surface area contributed by atoms with Crippen molar-refractivity contribution >= 4 is 34.3 Å². The number of nitrogens with two attached hydrogens (primary N) is 1. The van der Waals surface area contributed by atoms with E-state index in [4.69, 9.17) is 10.2 Å². The van der Waals surface area contributed by atoms with E-state index in [2.05, 4.69) is 4.98 Å². The zero-order valence-corrected chi connectivity index (χ0v) is 14.3. The zero-order chi connectivity index (χ0) is 17.4. The van der Waals surface area contributed by atoms with Gasteiger partial charge in [0.15, 0.2) is 5.58 Å². The number of aromatic nitrogens is 1. The van der Waals surface area contributed by atoms with Gasteiger partial charge in [-0.15, -0.1) is 11.3 Å². The molecule has 0 radical (unpaired) electrons. The van der Waals surface area contributed by atoms with Crippen molar-refractivity contribution in [3.8, 4) is 0 Å². The van der Waals surface area contributed by atoms with Crippen LogP contribution in [0.5, 0.6) is 0 Å². The van der Waals surface area contributed by atoms with Crippen molar-refractivity contribution in [2.75, 3.05) is 6.54 Å². The lowest BCUT2D eigenvalue weighted by atomic mass is 10.2. The second kappa shape index (κ2) is 6.33. The van der Waals surface area contributed by atoms with Crippen molar-refractivity contribution in [2.24, 2.45) is 5.73 Å². The van der Waals surface area contributed by atoms with E-state index in [0.717, 1.165) is 23.2 Å². The number of carbonyl (C=O) groups excluding carboxylic acids is 2. The average molecular weight is 355 g/mol. The van der Waals surface area contributed by atoms with E-state index in [-0.39, 0.29) is 18.4 Å². The molecule has 1 atom stereocenters. The van der Waals surface area contributed by atoms with E-state index in [1.807, 2.05) is 35.2 Å². The molecule has 128 valence electrons. The quantitative estimate of drug-likeness (QED) is 0.779. The molecule has 3 heterocycles. The highest BCUT2D eigenvalue weighted by Crippen LogP contribution is 2.36. The summed E-state index contributed by atoms with van der Waals surface area (Å²) in [6, 6.07) is 11.1. The van der Waals surface area contributed by atoms with Crippen LogP contribution >= 0.6 is 11.3 Å². The molecule has 6 nitrogen and oxygen atoms in total. The summed E-state index contributed by atoms with van der Waals surface area (Å²) in [5.74, 6) is -0.0115. The third kappa shape index (κ3) is 3.02. The standard InChI is InChI=1S/C18H17N3O3S/c19-18(23)15-8-7-14(25-15)12-5-3-9-21(12)17(22)10-16-20-11-4-1-2-6-13(11)24-16/h1-2,4,6-8,12H,3,5,9-10H2,(H2,19,23). The lowest BCUT2D eigenvalue weighted by molar-refractivity contribution is -0.131. The van der Waals surface area contributed by atoms with Gasteiger partial charge in [-0.3, -0.25) is 9.59 Å². The maximum atomic E-state index is 12.8. The number of para-hydroxylation sites is 2. The molecule has 1 unspecified atom stereocenters. The molecule has 7 heteroatoms. The zero-order valence-electron chi connectivity index (χ0n) is 13.5. The van der Waals surface area contributed by atoms with Crippen LogP contribution in [0.3, 0.4) is 0 Å². The highest BCUT2D eigenvalue weighted by Gasteiger charge is 2.31. The SMILES string of the molecule is NC(=O)c1ccc(C2CCCN2C(=O)Cc2nc3ccccc3o2)s1. The fourth-order valence-electron chi connectivity index (χ4n) is 3.25. The summed E-state index contributed by atoms with van der Waals surface area (Å²) in [4.78, 5) is 31.8. The number of likely N-dealkylation sites (tertiary alicyclic amines) is 1. The molecule has 0 saturated carbocycles. The first kappa shape index (κ1) is 15.8. The molecule has 2 amide bonds. The van der Waals surface area contributed by atoms with Crippen LogP contribution < -0.4 is 5.73 Å². The summed E-state index contributed by atoms with van der Waals surface area (Å²) < 4.78 is 5.66. The Labute approximate surface area is 148 Å². The summed E-state index contributed by atoms with van der Waals surface area (Å²) >= 11 is 1.36. The van der Waals surface area contributed by atoms with Crippen LogP contribution in [-0.2, 0) is 11.2 Å². The van der Waals surface area contributed by atoms with Gasteiger partial charge in [0, 0.05) is 11.4 Å². The minimum absolute atomic E-state index is 0.00465. The van der Waals surface area contributed by atoms with E-state index >= 15 is 0 Å². The Kier molecular flexibility index (Phi) is 4.01. The molecule has 2 N–H and O–H groups in total. The maximum absolute atomic E-state index is 12.8. The van der Waals surface area contributed by atoms with Crippen LogP contribution in [0.4, 0.5) is 0 Å². The molecule has 1 aromatic carbocycles. The molecule has 1 aliphatic rings. The number of hydrogen-bond donors (Lipinski definition) is 1. The van der Waals surface area contributed by atoms with Crippen molar-refractivity contribution in [3.63, 3.8) is 0 Å². The number of amides is 2. The van der Waals surface area contributed by atoms with Gasteiger partial charge >= 0.3 is 0 Å². The Morgan fingerprint density at radius 2 is 2.12 bits per heavy atom. The molecule has 1 aliphatic heterocycles. The number of primary amides is 1. The molecule has 0 spiro atoms. The predicted octanol–water partition coefficient (Wildman–Crippen LogP) is 2.89. The third-order valence-corrected chi connectivity index (χ3v) is 5.61. The van der Waals surface area contributed by atoms with E-state index in [1.165, 1.54) is 11.3 Å². The van der Waals surface area contributed by atoms with Gasteiger partial charge in [-0.05, 0) is 37.1 Å². The molecule has 0 bridgehead atoms. The van der Waals surface area contributed by atoms with Gasteiger partial charge in [0.25, 0.3) is 5.91 Å². The fourth-order valence-corrected chi connectivity index (χ4v) is 4.26. The smallest absolute Gasteiger partial charge is 0.258 e. The number of nitrogens with zero attached hydrogens (tertiary/aromatic N) is 2. The fraction of sp³-hybridized carbons (Fsp3) is 0.278. The van der Waals surface area contributed by atoms with Crippen LogP contribution in [-0.4, -0.2) is 28.2 Å². The van der Waals surface area contributed by atoms with E-state index in [9.17, 15) is 9.59 Å². The molecule has 3 aromatic rings. The molecule has 1 fully saturated rings. The number of fused-ring (bicyclic) bond motifs is 1. The van der Waals surface area contributed by atoms with Crippen molar-refractivity contribution in [2.45, 2.75) is 25.3 Å². The summed E-state index contributed by atoms with van der Waals surface area (Å²) in [6.07, 6.45) is 1.96. The molecular weight excluding hydrogens is 338 g/mol. The molecular formula is C18H17N3O3S. The highest BCUT2D eigenvalue weighted by atomic mass is 32.1. The summed E-state index contributed by atoms with van der Waals surface area (Å²) in [5.41, 5.74) is 6.77. The number of rotatable bonds is 4. The Balaban J connectivity index is 1.52. The van der Waals surface area contributed by atoms with Gasteiger partial charge in [-0.25, -0.2) is 4.98 Å². The van der Waals surface area contributed by atoms with Crippen LogP contribution in [0.15, 0.2) is 40.8 Å². The second-order valence-corrected chi connectivity index (χ2v) is 7.18. The maximum Gasteiger partial charge on any atom is 0.258 e. The third-order valence-electron chi connectivity index (χ3n) is 4.41. The molecule has 25 heavy (non-hydrogen) atoms. The number of oxazole rings is 1. The van der Waals surface area contributed by atoms with E-state index < -0.39 is 5.91 Å². The Hall–Kier alpha value is -2.67. The van der Waals surface area contributed by atoms with E-state index in [0.29, 0.717) is 22.9 Å². The first-order chi connectivity index (χ1) is 12.1. The Morgan fingerprint density at radius 3 is 2.88 bits per heavy atom. The molecule has 2 aromatic heterocycles. The summed E-state index contributed by atoms with van der Waals surface area (Å²) in [6.45, 7) is 0.702. The lowest BCUT2D eigenvalue weighted by Gasteiger charge is -2.23. The van der Waals surface area contributed by atoms with Crippen LogP contribution in [0, 0.1) is 0 Å². The predicted molar refractivity (Wildman–Crippen MR) is 94.2 cm³/mol. The monoisotopic (exact) mass is 355 g/mol.